The third-order valence-corrected chi connectivity index (χ3v) is 6.77. The van der Waals surface area contributed by atoms with Gasteiger partial charge in [0.25, 0.3) is 0 Å². The smallest absolute Gasteiger partial charge is 0.247 e. The molecule has 1 aliphatic rings. The molecule has 9 nitrogen and oxygen atoms in total. The first-order valence-corrected chi connectivity index (χ1v) is 12.9. The molecule has 0 saturated carbocycles. The van der Waals surface area contributed by atoms with Gasteiger partial charge in [0.1, 0.15) is 6.04 Å². The predicted octanol–water partition coefficient (Wildman–Crippen LogP) is 1.29. The molecule has 3 amide bonds. The van der Waals surface area contributed by atoms with E-state index in [1.807, 2.05) is 27.7 Å². The summed E-state index contributed by atoms with van der Waals surface area (Å²) >= 11 is 0. The molecule has 1 fully saturated rings. The van der Waals surface area contributed by atoms with E-state index in [0.717, 1.165) is 25.8 Å². The molecular formula is C26H48N4O5. The normalized spacial score (nSPS) is 19.3. The minimum Gasteiger partial charge on any atom is -0.394 e. The number of carbonyl (C=O) groups excluding carboxylic acids is 3. The van der Waals surface area contributed by atoms with Crippen LogP contribution in [0.2, 0.25) is 0 Å². The number of likely N-dealkylation sites (N-methyl/N-ethyl adjacent to an activating group) is 1. The summed E-state index contributed by atoms with van der Waals surface area (Å²) in [5, 5.41) is 24.1. The topological polar surface area (TPSA) is 122 Å². The molecule has 0 aromatic heterocycles. The zero-order chi connectivity index (χ0) is 26.9. The van der Waals surface area contributed by atoms with E-state index in [4.69, 9.17) is 0 Å². The standard InChI is InChI=1S/C26H48N4O5/c1-16(2)22(13-19(7)24(33)27-20(14-31)15-32)29(8)26(35)23(17(3)4)28-25(34)21-11-9-10-12-30(21)18(5)6/h13,16-18,20-23,31-32H,9-12,14-15H2,1-8H3,(H,27,33)(H,28,34)/b19-13+/t21?,22-,23+/m1/s1. The Bertz CT molecular complexity index is 733. The fraction of sp³-hybridized carbons (Fsp3) is 0.808. The zero-order valence-corrected chi connectivity index (χ0v) is 22.9. The van der Waals surface area contributed by atoms with Crippen LogP contribution in [-0.2, 0) is 14.4 Å². The monoisotopic (exact) mass is 496 g/mol. The van der Waals surface area contributed by atoms with Crippen LogP contribution in [0, 0.1) is 11.8 Å². The quantitative estimate of drug-likeness (QED) is 0.302. The average Bonchev–Trinajstić information content (AvgIpc) is 2.82. The van der Waals surface area contributed by atoms with E-state index in [0.29, 0.717) is 5.57 Å². The molecule has 1 heterocycles. The highest BCUT2D eigenvalue weighted by molar-refractivity contribution is 5.93. The minimum atomic E-state index is -0.742. The second kappa shape index (κ2) is 14.6. The summed E-state index contributed by atoms with van der Waals surface area (Å²) in [5.41, 5.74) is 0.384. The lowest BCUT2D eigenvalue weighted by Crippen LogP contribution is -2.58. The molecule has 1 rings (SSSR count). The zero-order valence-electron chi connectivity index (χ0n) is 22.9. The highest BCUT2D eigenvalue weighted by atomic mass is 16.3. The molecule has 1 aliphatic heterocycles. The van der Waals surface area contributed by atoms with Gasteiger partial charge < -0.3 is 25.7 Å². The molecule has 35 heavy (non-hydrogen) atoms. The number of piperidine rings is 1. The van der Waals surface area contributed by atoms with E-state index in [2.05, 4.69) is 29.4 Å². The van der Waals surface area contributed by atoms with Crippen molar-refractivity contribution < 1.29 is 24.6 Å². The summed E-state index contributed by atoms with van der Waals surface area (Å²) < 4.78 is 0. The van der Waals surface area contributed by atoms with E-state index in [1.165, 1.54) is 0 Å². The maximum Gasteiger partial charge on any atom is 0.247 e. The SMILES string of the molecule is C/C(=C\[C@H](C(C)C)N(C)C(=O)[C@@H](NC(=O)C1CCCCN1C(C)C)C(C)C)C(=O)NC(CO)CO. The number of aliphatic hydroxyl groups is 2. The second-order valence-electron chi connectivity index (χ2n) is 10.6. The largest absolute Gasteiger partial charge is 0.394 e. The highest BCUT2D eigenvalue weighted by Gasteiger charge is 2.36. The Hall–Kier alpha value is -1.97. The van der Waals surface area contributed by atoms with Crippen molar-refractivity contribution in [2.45, 2.75) is 97.9 Å². The first-order chi connectivity index (χ1) is 16.3. The van der Waals surface area contributed by atoms with Crippen molar-refractivity contribution in [3.63, 3.8) is 0 Å². The fourth-order valence-corrected chi connectivity index (χ4v) is 4.51. The number of aliphatic hydroxyl groups excluding tert-OH is 2. The van der Waals surface area contributed by atoms with Crippen LogP contribution in [0.25, 0.3) is 0 Å². The molecule has 4 N–H and O–H groups in total. The molecule has 3 atom stereocenters. The predicted molar refractivity (Wildman–Crippen MR) is 138 cm³/mol. The van der Waals surface area contributed by atoms with Crippen LogP contribution in [-0.4, -0.2) is 94.7 Å². The van der Waals surface area contributed by atoms with Crippen molar-refractivity contribution >= 4 is 17.7 Å². The minimum absolute atomic E-state index is 0.0106. The number of likely N-dealkylation sites (tertiary alicyclic amines) is 1. The first kappa shape index (κ1) is 31.1. The summed E-state index contributed by atoms with van der Waals surface area (Å²) in [6.45, 7) is 13.7. The number of amides is 3. The van der Waals surface area contributed by atoms with Crippen molar-refractivity contribution in [3.8, 4) is 0 Å². The molecule has 0 spiro atoms. The average molecular weight is 497 g/mol. The number of nitrogens with zero attached hydrogens (tertiary/aromatic N) is 2. The Morgan fingerprint density at radius 2 is 1.60 bits per heavy atom. The lowest BCUT2D eigenvalue weighted by Gasteiger charge is -2.39. The molecule has 1 saturated heterocycles. The van der Waals surface area contributed by atoms with Crippen molar-refractivity contribution in [2.75, 3.05) is 26.8 Å². The molecule has 1 unspecified atom stereocenters. The molecular weight excluding hydrogens is 448 g/mol. The number of carbonyl (C=O) groups is 3. The maximum absolute atomic E-state index is 13.6. The summed E-state index contributed by atoms with van der Waals surface area (Å²) in [7, 11) is 1.70. The summed E-state index contributed by atoms with van der Waals surface area (Å²) in [6, 6.07) is -1.78. The van der Waals surface area contributed by atoms with Gasteiger partial charge >= 0.3 is 0 Å². The second-order valence-corrected chi connectivity index (χ2v) is 10.6. The lowest BCUT2D eigenvalue weighted by atomic mass is 9.95. The molecule has 0 bridgehead atoms. The molecule has 202 valence electrons. The number of hydrogen-bond acceptors (Lipinski definition) is 6. The van der Waals surface area contributed by atoms with Gasteiger partial charge in [0.2, 0.25) is 17.7 Å². The first-order valence-electron chi connectivity index (χ1n) is 12.9. The summed E-state index contributed by atoms with van der Waals surface area (Å²) in [4.78, 5) is 43.2. The molecule has 0 radical (unpaired) electrons. The van der Waals surface area contributed by atoms with E-state index in [-0.39, 0.29) is 55.0 Å². The lowest BCUT2D eigenvalue weighted by molar-refractivity contribution is -0.140. The Kier molecular flexibility index (Phi) is 12.9. The highest BCUT2D eigenvalue weighted by Crippen LogP contribution is 2.21. The number of rotatable bonds is 12. The Morgan fingerprint density at radius 3 is 2.09 bits per heavy atom. The van der Waals surface area contributed by atoms with Gasteiger partial charge in [0.15, 0.2) is 0 Å². The van der Waals surface area contributed by atoms with Crippen molar-refractivity contribution in [2.24, 2.45) is 11.8 Å². The van der Waals surface area contributed by atoms with E-state index >= 15 is 0 Å². The Labute approximate surface area is 211 Å². The van der Waals surface area contributed by atoms with Crippen LogP contribution in [0.15, 0.2) is 11.6 Å². The summed E-state index contributed by atoms with van der Waals surface area (Å²) in [5.74, 6) is -0.820. The van der Waals surface area contributed by atoms with Gasteiger partial charge in [0.05, 0.1) is 31.3 Å². The Balaban J connectivity index is 3.06. The van der Waals surface area contributed by atoms with Crippen molar-refractivity contribution in [3.05, 3.63) is 11.6 Å². The van der Waals surface area contributed by atoms with Gasteiger partial charge in [-0.25, -0.2) is 0 Å². The van der Waals surface area contributed by atoms with Crippen LogP contribution < -0.4 is 10.6 Å². The van der Waals surface area contributed by atoms with Crippen LogP contribution in [0.4, 0.5) is 0 Å². The van der Waals surface area contributed by atoms with Crippen LogP contribution in [0.3, 0.4) is 0 Å². The third kappa shape index (κ3) is 8.88. The van der Waals surface area contributed by atoms with Crippen molar-refractivity contribution in [1.29, 1.82) is 0 Å². The van der Waals surface area contributed by atoms with Crippen molar-refractivity contribution in [1.82, 2.24) is 20.4 Å². The van der Waals surface area contributed by atoms with Gasteiger partial charge in [-0.15, -0.1) is 0 Å². The number of nitrogens with one attached hydrogen (secondary N) is 2. The van der Waals surface area contributed by atoms with E-state index < -0.39 is 18.0 Å². The van der Waals surface area contributed by atoms with E-state index in [9.17, 15) is 24.6 Å². The van der Waals surface area contributed by atoms with Crippen LogP contribution in [0.5, 0.6) is 0 Å². The van der Waals surface area contributed by atoms with Crippen LogP contribution >= 0.6 is 0 Å². The maximum atomic E-state index is 13.6. The van der Waals surface area contributed by atoms with Gasteiger partial charge in [-0.3, -0.25) is 19.3 Å². The number of hydrogen-bond donors (Lipinski definition) is 4. The molecule has 0 aromatic rings. The van der Waals surface area contributed by atoms with Gasteiger partial charge in [-0.05, 0) is 52.0 Å². The van der Waals surface area contributed by atoms with Gasteiger partial charge in [-0.1, -0.05) is 40.2 Å². The Morgan fingerprint density at radius 1 is 1.00 bits per heavy atom. The third-order valence-electron chi connectivity index (χ3n) is 6.77. The summed E-state index contributed by atoms with van der Waals surface area (Å²) in [6.07, 6.45) is 4.58. The van der Waals surface area contributed by atoms with Crippen LogP contribution in [0.1, 0.15) is 67.7 Å². The molecule has 9 heteroatoms. The van der Waals surface area contributed by atoms with Gasteiger partial charge in [0, 0.05) is 18.7 Å². The van der Waals surface area contributed by atoms with Gasteiger partial charge in [-0.2, -0.15) is 0 Å². The fourth-order valence-electron chi connectivity index (χ4n) is 4.51. The molecule has 0 aliphatic carbocycles. The van der Waals surface area contributed by atoms with E-state index in [1.54, 1.807) is 24.9 Å². The molecule has 0 aromatic carbocycles.